The number of nitrogens with two attached hydrogens (primary N) is 1. The Kier molecular flexibility index (Phi) is 3.04. The molecule has 4 heterocycles. The summed E-state index contributed by atoms with van der Waals surface area (Å²) in [5.41, 5.74) is 8.49. The highest BCUT2D eigenvalue weighted by Gasteiger charge is 2.19. The zero-order valence-electron chi connectivity index (χ0n) is 11.7. The number of nitrogens with zero attached hydrogens (tertiary/aromatic N) is 6. The Hall–Kier alpha value is -2.81. The van der Waals surface area contributed by atoms with Gasteiger partial charge in [0.2, 0.25) is 5.95 Å². The predicted molar refractivity (Wildman–Crippen MR) is 80.2 cm³/mol. The van der Waals surface area contributed by atoms with Crippen LogP contribution in [-0.4, -0.2) is 56.4 Å². The highest BCUT2D eigenvalue weighted by atomic mass is 16.5. The van der Waals surface area contributed by atoms with Crippen LogP contribution in [0.5, 0.6) is 0 Å². The summed E-state index contributed by atoms with van der Waals surface area (Å²) in [6, 6.07) is 0. The number of fused-ring (bicyclic) bond motifs is 1. The fourth-order valence-corrected chi connectivity index (χ4v) is 2.44. The molecule has 0 unspecified atom stereocenters. The Labute approximate surface area is 125 Å². The van der Waals surface area contributed by atoms with Gasteiger partial charge in [-0.1, -0.05) is 0 Å². The van der Waals surface area contributed by atoms with Gasteiger partial charge in [0.25, 0.3) is 0 Å². The summed E-state index contributed by atoms with van der Waals surface area (Å²) in [6.45, 7) is 2.78. The number of anilines is 2. The first-order valence-corrected chi connectivity index (χ1v) is 6.93. The van der Waals surface area contributed by atoms with E-state index in [0.29, 0.717) is 35.9 Å². The van der Waals surface area contributed by atoms with E-state index in [2.05, 4.69) is 35.0 Å². The van der Waals surface area contributed by atoms with Gasteiger partial charge < -0.3 is 15.4 Å². The molecule has 22 heavy (non-hydrogen) atoms. The molecular formula is C13H14N8O. The molecule has 0 amide bonds. The average molecular weight is 298 g/mol. The van der Waals surface area contributed by atoms with Gasteiger partial charge in [0.15, 0.2) is 17.0 Å². The Morgan fingerprint density at radius 1 is 1.14 bits per heavy atom. The highest BCUT2D eigenvalue weighted by Crippen LogP contribution is 2.25. The summed E-state index contributed by atoms with van der Waals surface area (Å²) in [4.78, 5) is 19.6. The van der Waals surface area contributed by atoms with Crippen LogP contribution >= 0.6 is 0 Å². The fourth-order valence-electron chi connectivity index (χ4n) is 2.44. The Morgan fingerprint density at radius 2 is 2.00 bits per heavy atom. The molecule has 0 spiro atoms. The number of hydrogen-bond acceptors (Lipinski definition) is 8. The van der Waals surface area contributed by atoms with Crippen LogP contribution in [0.1, 0.15) is 0 Å². The molecule has 0 bridgehead atoms. The zero-order chi connectivity index (χ0) is 14.9. The lowest BCUT2D eigenvalue weighted by atomic mass is 10.2. The molecule has 9 heteroatoms. The molecule has 3 aromatic heterocycles. The van der Waals surface area contributed by atoms with Crippen molar-refractivity contribution in [2.75, 3.05) is 36.9 Å². The number of morpholine rings is 1. The minimum Gasteiger partial charge on any atom is -0.378 e. The number of H-pyrrole nitrogens is 1. The molecule has 9 nitrogen and oxygen atoms in total. The second kappa shape index (κ2) is 5.19. The normalized spacial score (nSPS) is 15.4. The van der Waals surface area contributed by atoms with Crippen LogP contribution < -0.4 is 10.6 Å². The summed E-state index contributed by atoms with van der Waals surface area (Å²) in [6.07, 6.45) is 5.12. The number of hydrogen-bond donors (Lipinski definition) is 2. The van der Waals surface area contributed by atoms with Crippen molar-refractivity contribution in [1.29, 1.82) is 0 Å². The standard InChI is InChI=1S/C13H14N8O/c14-13-19-11-10(12(20-13)21-1-3-22-4-2-21)18-9(7-15-11)8-5-16-17-6-8/h5-7H,1-4H2,(H,16,17)(H2,14,15,19,20). The van der Waals surface area contributed by atoms with E-state index in [1.54, 1.807) is 18.6 Å². The lowest BCUT2D eigenvalue weighted by Crippen LogP contribution is -2.37. The van der Waals surface area contributed by atoms with E-state index in [0.717, 1.165) is 18.7 Å². The van der Waals surface area contributed by atoms with Crippen LogP contribution in [0.4, 0.5) is 11.8 Å². The van der Waals surface area contributed by atoms with Gasteiger partial charge in [0.05, 0.1) is 31.3 Å². The van der Waals surface area contributed by atoms with Crippen molar-refractivity contribution in [2.24, 2.45) is 0 Å². The third kappa shape index (κ3) is 2.21. The van der Waals surface area contributed by atoms with E-state index in [1.165, 1.54) is 0 Å². The van der Waals surface area contributed by atoms with Gasteiger partial charge in [-0.05, 0) is 0 Å². The lowest BCUT2D eigenvalue weighted by Gasteiger charge is -2.28. The van der Waals surface area contributed by atoms with Crippen molar-refractivity contribution >= 4 is 22.9 Å². The predicted octanol–water partition coefficient (Wildman–Crippen LogP) is 0.229. The van der Waals surface area contributed by atoms with Crippen LogP contribution in [0.3, 0.4) is 0 Å². The van der Waals surface area contributed by atoms with E-state index in [4.69, 9.17) is 10.5 Å². The first-order chi connectivity index (χ1) is 10.8. The molecule has 4 rings (SSSR count). The molecular weight excluding hydrogens is 284 g/mol. The molecule has 1 saturated heterocycles. The number of aromatic amines is 1. The molecule has 1 aliphatic rings. The third-order valence-electron chi connectivity index (χ3n) is 3.51. The maximum atomic E-state index is 5.80. The van der Waals surface area contributed by atoms with Gasteiger partial charge in [-0.3, -0.25) is 5.10 Å². The number of nitrogens with one attached hydrogen (secondary N) is 1. The van der Waals surface area contributed by atoms with Crippen molar-refractivity contribution in [2.45, 2.75) is 0 Å². The molecule has 0 saturated carbocycles. The molecule has 3 N–H and O–H groups in total. The smallest absolute Gasteiger partial charge is 0.224 e. The molecule has 112 valence electrons. The van der Waals surface area contributed by atoms with Gasteiger partial charge in [-0.2, -0.15) is 15.1 Å². The topological polar surface area (TPSA) is 119 Å². The monoisotopic (exact) mass is 298 g/mol. The number of rotatable bonds is 2. The minimum atomic E-state index is 0.194. The molecule has 1 aliphatic heterocycles. The van der Waals surface area contributed by atoms with Gasteiger partial charge in [0.1, 0.15) is 0 Å². The van der Waals surface area contributed by atoms with Crippen LogP contribution in [0.2, 0.25) is 0 Å². The van der Waals surface area contributed by atoms with Crippen molar-refractivity contribution in [1.82, 2.24) is 30.1 Å². The SMILES string of the molecule is Nc1nc(N2CCOCC2)c2nc(-c3cn[nH]c3)cnc2n1. The van der Waals surface area contributed by atoms with Crippen molar-refractivity contribution in [3.05, 3.63) is 18.6 Å². The van der Waals surface area contributed by atoms with Crippen molar-refractivity contribution in [3.63, 3.8) is 0 Å². The maximum absolute atomic E-state index is 5.80. The van der Waals surface area contributed by atoms with Gasteiger partial charge in [-0.15, -0.1) is 0 Å². The van der Waals surface area contributed by atoms with Crippen molar-refractivity contribution in [3.8, 4) is 11.3 Å². The van der Waals surface area contributed by atoms with Gasteiger partial charge in [-0.25, -0.2) is 9.97 Å². The van der Waals surface area contributed by atoms with Crippen LogP contribution in [-0.2, 0) is 4.74 Å². The zero-order valence-corrected chi connectivity index (χ0v) is 11.7. The Balaban J connectivity index is 1.87. The van der Waals surface area contributed by atoms with Crippen LogP contribution in [0.15, 0.2) is 18.6 Å². The minimum absolute atomic E-state index is 0.194. The maximum Gasteiger partial charge on any atom is 0.224 e. The molecule has 1 fully saturated rings. The Morgan fingerprint density at radius 3 is 2.77 bits per heavy atom. The van der Waals surface area contributed by atoms with Gasteiger partial charge in [0, 0.05) is 24.8 Å². The first kappa shape index (κ1) is 12.9. The van der Waals surface area contributed by atoms with E-state index >= 15 is 0 Å². The highest BCUT2D eigenvalue weighted by molar-refractivity contribution is 5.85. The molecule has 0 aromatic carbocycles. The summed E-state index contributed by atoms with van der Waals surface area (Å²) in [5.74, 6) is 0.892. The Bertz CT molecular complexity index is 797. The lowest BCUT2D eigenvalue weighted by molar-refractivity contribution is 0.122. The number of ether oxygens (including phenoxy) is 1. The second-order valence-electron chi connectivity index (χ2n) is 4.92. The van der Waals surface area contributed by atoms with E-state index in [-0.39, 0.29) is 5.95 Å². The molecule has 0 atom stereocenters. The largest absolute Gasteiger partial charge is 0.378 e. The van der Waals surface area contributed by atoms with Gasteiger partial charge >= 0.3 is 0 Å². The van der Waals surface area contributed by atoms with E-state index in [1.807, 2.05) is 0 Å². The average Bonchev–Trinajstić information content (AvgIpc) is 3.09. The summed E-state index contributed by atoms with van der Waals surface area (Å²) >= 11 is 0. The fraction of sp³-hybridized carbons (Fsp3) is 0.308. The molecule has 3 aromatic rings. The van der Waals surface area contributed by atoms with Crippen LogP contribution in [0.25, 0.3) is 22.4 Å². The van der Waals surface area contributed by atoms with Crippen molar-refractivity contribution < 1.29 is 4.74 Å². The number of aromatic nitrogens is 6. The van der Waals surface area contributed by atoms with E-state index < -0.39 is 0 Å². The first-order valence-electron chi connectivity index (χ1n) is 6.93. The summed E-state index contributed by atoms with van der Waals surface area (Å²) < 4.78 is 5.38. The van der Waals surface area contributed by atoms with E-state index in [9.17, 15) is 0 Å². The third-order valence-corrected chi connectivity index (χ3v) is 3.51. The second-order valence-corrected chi connectivity index (χ2v) is 4.92. The van der Waals surface area contributed by atoms with Crippen LogP contribution in [0, 0.1) is 0 Å². The summed E-state index contributed by atoms with van der Waals surface area (Å²) in [5, 5.41) is 6.70. The quantitative estimate of drug-likeness (QED) is 0.690. The number of nitrogen functional groups attached to an aromatic ring is 1. The molecule has 0 aliphatic carbocycles. The summed E-state index contributed by atoms with van der Waals surface area (Å²) in [7, 11) is 0. The molecule has 0 radical (unpaired) electrons.